The molecule has 0 fully saturated rings. The number of nitrogens with two attached hydrogens (primary N) is 1. The van der Waals surface area contributed by atoms with Crippen molar-refractivity contribution in [2.24, 2.45) is 5.73 Å². The van der Waals surface area contributed by atoms with E-state index in [1.54, 1.807) is 7.05 Å². The molecule has 0 bridgehead atoms. The molecule has 2 rings (SSSR count). The van der Waals surface area contributed by atoms with Gasteiger partial charge in [-0.25, -0.2) is 0 Å². The van der Waals surface area contributed by atoms with Crippen LogP contribution < -0.4 is 11.1 Å². The standard InChI is InChI=1S/C15H18N2O2Se/c1-10(16)14-7-12(9-20-14)13-6-4-3-5-11(13)8-19-15(18)17-2/h3-7,9-10H,8,16H2,1-2H3,(H,17,18). The van der Waals surface area contributed by atoms with E-state index in [1.165, 1.54) is 10.0 Å². The average Bonchev–Trinajstić information content (AvgIpc) is 2.95. The average molecular weight is 337 g/mol. The molecule has 4 nitrogen and oxygen atoms in total. The third kappa shape index (κ3) is 3.51. The third-order valence-electron chi connectivity index (χ3n) is 2.96. The van der Waals surface area contributed by atoms with E-state index < -0.39 is 6.09 Å². The second-order valence-corrected chi connectivity index (χ2v) is 6.49. The fourth-order valence-corrected chi connectivity index (χ4v) is 3.70. The van der Waals surface area contributed by atoms with Crippen molar-refractivity contribution in [1.29, 1.82) is 0 Å². The first-order chi connectivity index (χ1) is 9.61. The summed E-state index contributed by atoms with van der Waals surface area (Å²) in [4.78, 5) is 13.4. The maximum atomic E-state index is 11.2. The summed E-state index contributed by atoms with van der Waals surface area (Å²) >= 11 is 0.318. The number of carbonyl (C=O) groups is 1. The van der Waals surface area contributed by atoms with Gasteiger partial charge in [0.15, 0.2) is 0 Å². The van der Waals surface area contributed by atoms with Crippen molar-refractivity contribution < 1.29 is 9.53 Å². The molecule has 2 aromatic rings. The Kier molecular flexibility index (Phi) is 5.01. The zero-order chi connectivity index (χ0) is 14.5. The van der Waals surface area contributed by atoms with Gasteiger partial charge in [-0.15, -0.1) is 0 Å². The van der Waals surface area contributed by atoms with Crippen LogP contribution in [0.1, 0.15) is 23.0 Å². The van der Waals surface area contributed by atoms with Crippen molar-refractivity contribution >= 4 is 20.6 Å². The third-order valence-corrected chi connectivity index (χ3v) is 5.34. The van der Waals surface area contributed by atoms with E-state index in [2.05, 4.69) is 16.3 Å². The number of alkyl carbamates (subject to hydrolysis) is 1. The van der Waals surface area contributed by atoms with Crippen LogP contribution >= 0.6 is 0 Å². The van der Waals surface area contributed by atoms with Gasteiger partial charge >= 0.3 is 124 Å². The van der Waals surface area contributed by atoms with Crippen LogP contribution in [-0.2, 0) is 11.3 Å². The SMILES string of the molecule is CNC(=O)OCc1ccccc1-c1c[se]c(C(C)N)c1. The normalized spacial score (nSPS) is 11.9. The number of amides is 1. The fourth-order valence-electron chi connectivity index (χ4n) is 1.88. The van der Waals surface area contributed by atoms with Crippen LogP contribution in [0.25, 0.3) is 11.1 Å². The molecule has 1 heterocycles. The van der Waals surface area contributed by atoms with Gasteiger partial charge < -0.3 is 0 Å². The number of hydrogen-bond acceptors (Lipinski definition) is 3. The molecule has 106 valence electrons. The minimum atomic E-state index is -0.420. The van der Waals surface area contributed by atoms with Crippen molar-refractivity contribution in [3.63, 3.8) is 0 Å². The molecular formula is C15H18N2O2Se. The number of rotatable bonds is 4. The van der Waals surface area contributed by atoms with Crippen LogP contribution in [0.5, 0.6) is 0 Å². The number of ether oxygens (including phenoxy) is 1. The number of benzene rings is 1. The van der Waals surface area contributed by atoms with E-state index in [0.29, 0.717) is 14.5 Å². The fraction of sp³-hybridized carbons (Fsp3) is 0.267. The Morgan fingerprint density at radius 2 is 2.20 bits per heavy atom. The van der Waals surface area contributed by atoms with Gasteiger partial charge in [0.1, 0.15) is 0 Å². The molecule has 0 saturated heterocycles. The summed E-state index contributed by atoms with van der Waals surface area (Å²) < 4.78 is 6.42. The summed E-state index contributed by atoms with van der Waals surface area (Å²) in [7, 11) is 1.55. The zero-order valence-corrected chi connectivity index (χ0v) is 13.3. The first-order valence-electron chi connectivity index (χ1n) is 6.38. The van der Waals surface area contributed by atoms with Gasteiger partial charge in [0, 0.05) is 0 Å². The van der Waals surface area contributed by atoms with Gasteiger partial charge in [-0.05, 0) is 0 Å². The molecular weight excluding hydrogens is 319 g/mol. The Balaban J connectivity index is 2.24. The van der Waals surface area contributed by atoms with Crippen molar-refractivity contribution in [2.45, 2.75) is 19.6 Å². The van der Waals surface area contributed by atoms with Crippen LogP contribution in [0, 0.1) is 0 Å². The van der Waals surface area contributed by atoms with E-state index in [9.17, 15) is 4.79 Å². The Bertz CT molecular complexity index is 593. The van der Waals surface area contributed by atoms with E-state index in [1.807, 2.05) is 31.2 Å². The first-order valence-corrected chi connectivity index (χ1v) is 8.23. The molecule has 1 amide bonds. The molecule has 0 aliphatic heterocycles. The first kappa shape index (κ1) is 14.9. The van der Waals surface area contributed by atoms with Crippen LogP contribution in [0.3, 0.4) is 0 Å². The van der Waals surface area contributed by atoms with Crippen molar-refractivity contribution in [1.82, 2.24) is 5.32 Å². The molecule has 0 saturated carbocycles. The maximum absolute atomic E-state index is 11.2. The molecule has 1 atom stereocenters. The summed E-state index contributed by atoms with van der Waals surface area (Å²) in [5.74, 6) is 0. The number of nitrogens with one attached hydrogen (secondary N) is 1. The second kappa shape index (κ2) is 6.75. The molecule has 1 unspecified atom stereocenters. The van der Waals surface area contributed by atoms with Gasteiger partial charge in [-0.3, -0.25) is 0 Å². The van der Waals surface area contributed by atoms with Gasteiger partial charge in [0.25, 0.3) is 0 Å². The van der Waals surface area contributed by atoms with Crippen LogP contribution in [0.4, 0.5) is 4.79 Å². The van der Waals surface area contributed by atoms with Gasteiger partial charge in [-0.1, -0.05) is 0 Å². The van der Waals surface area contributed by atoms with Crippen LogP contribution in [-0.4, -0.2) is 27.6 Å². The van der Waals surface area contributed by atoms with Gasteiger partial charge in [0.2, 0.25) is 0 Å². The molecule has 5 heteroatoms. The van der Waals surface area contributed by atoms with Gasteiger partial charge in [-0.2, -0.15) is 0 Å². The number of carbonyl (C=O) groups excluding carboxylic acids is 1. The molecule has 0 radical (unpaired) electrons. The summed E-state index contributed by atoms with van der Waals surface area (Å²) in [5, 5.41) is 2.45. The van der Waals surface area contributed by atoms with Gasteiger partial charge in [0.05, 0.1) is 0 Å². The predicted molar refractivity (Wildman–Crippen MR) is 80.7 cm³/mol. The molecule has 1 aromatic heterocycles. The van der Waals surface area contributed by atoms with Crippen molar-refractivity contribution in [3.8, 4) is 11.1 Å². The number of hydrogen-bond donors (Lipinski definition) is 2. The van der Waals surface area contributed by atoms with Crippen molar-refractivity contribution in [2.75, 3.05) is 7.05 Å². The summed E-state index contributed by atoms with van der Waals surface area (Å²) in [6, 6.07) is 10.2. The van der Waals surface area contributed by atoms with E-state index in [4.69, 9.17) is 10.5 Å². The summed E-state index contributed by atoms with van der Waals surface area (Å²) in [6.45, 7) is 2.27. The molecule has 0 aliphatic carbocycles. The van der Waals surface area contributed by atoms with E-state index in [-0.39, 0.29) is 12.6 Å². The quantitative estimate of drug-likeness (QED) is 0.842. The van der Waals surface area contributed by atoms with Crippen molar-refractivity contribution in [3.05, 3.63) is 45.3 Å². The molecule has 0 spiro atoms. The molecule has 0 aliphatic rings. The zero-order valence-electron chi connectivity index (χ0n) is 11.6. The topological polar surface area (TPSA) is 64.3 Å². The molecule has 20 heavy (non-hydrogen) atoms. The Labute approximate surface area is 124 Å². The van der Waals surface area contributed by atoms with Crippen LogP contribution in [0.2, 0.25) is 0 Å². The van der Waals surface area contributed by atoms with E-state index >= 15 is 0 Å². The predicted octanol–water partition coefficient (Wildman–Crippen LogP) is 2.29. The second-order valence-electron chi connectivity index (χ2n) is 4.51. The Morgan fingerprint density at radius 1 is 1.45 bits per heavy atom. The molecule has 3 N–H and O–H groups in total. The Hall–Kier alpha value is -1.55. The summed E-state index contributed by atoms with van der Waals surface area (Å²) in [6.07, 6.45) is -0.420. The Morgan fingerprint density at radius 3 is 2.85 bits per heavy atom. The monoisotopic (exact) mass is 338 g/mol. The minimum absolute atomic E-state index is 0.0954. The van der Waals surface area contributed by atoms with Crippen LogP contribution in [0.15, 0.2) is 35.3 Å². The molecule has 1 aromatic carbocycles. The van der Waals surface area contributed by atoms with E-state index in [0.717, 1.165) is 11.1 Å². The summed E-state index contributed by atoms with van der Waals surface area (Å²) in [5.41, 5.74) is 9.21.